The molecule has 20 heavy (non-hydrogen) atoms. The van der Waals surface area contributed by atoms with Crippen LogP contribution in [0, 0.1) is 12.8 Å². The Balaban J connectivity index is 1.90. The average molecular weight is 293 g/mol. The molecule has 1 saturated carbocycles. The topological polar surface area (TPSA) is 57.6 Å². The average Bonchev–Trinajstić information content (AvgIpc) is 3.20. The van der Waals surface area contributed by atoms with E-state index < -0.39 is 5.97 Å². The molecule has 4 nitrogen and oxygen atoms in total. The van der Waals surface area contributed by atoms with Crippen LogP contribution in [-0.2, 0) is 9.59 Å². The normalized spacial score (nSPS) is 14.1. The largest absolute Gasteiger partial charge is 0.480 e. The van der Waals surface area contributed by atoms with Gasteiger partial charge in [-0.05, 0) is 37.3 Å². The minimum atomic E-state index is -0.945. The first-order valence-electron chi connectivity index (χ1n) is 6.74. The molecular weight excluding hydrogens is 274 g/mol. The number of rotatable bonds is 7. The first-order chi connectivity index (χ1) is 9.56. The summed E-state index contributed by atoms with van der Waals surface area (Å²) in [6, 6.07) is 7.89. The van der Waals surface area contributed by atoms with Crippen molar-refractivity contribution >= 4 is 23.6 Å². The Morgan fingerprint density at radius 2 is 2.05 bits per heavy atom. The molecular formula is C15H19NO3S. The van der Waals surface area contributed by atoms with Gasteiger partial charge in [0.2, 0.25) is 5.91 Å². The van der Waals surface area contributed by atoms with Gasteiger partial charge in [-0.25, -0.2) is 0 Å². The minimum absolute atomic E-state index is 0.0902. The van der Waals surface area contributed by atoms with Crippen LogP contribution in [0.4, 0.5) is 0 Å². The lowest BCUT2D eigenvalue weighted by Gasteiger charge is -2.20. The molecule has 0 spiro atoms. The van der Waals surface area contributed by atoms with Gasteiger partial charge in [0.05, 0.1) is 5.75 Å². The Morgan fingerprint density at radius 3 is 2.65 bits per heavy atom. The van der Waals surface area contributed by atoms with Crippen LogP contribution in [0.25, 0.3) is 0 Å². The zero-order valence-electron chi connectivity index (χ0n) is 11.5. The maximum atomic E-state index is 12.2. The molecule has 2 rings (SSSR count). The van der Waals surface area contributed by atoms with E-state index >= 15 is 0 Å². The van der Waals surface area contributed by atoms with Gasteiger partial charge in [0.15, 0.2) is 0 Å². The summed E-state index contributed by atoms with van der Waals surface area (Å²) in [5.41, 5.74) is 1.14. The van der Waals surface area contributed by atoms with Crippen LogP contribution < -0.4 is 0 Å². The molecule has 0 saturated heterocycles. The van der Waals surface area contributed by atoms with Crippen molar-refractivity contribution in [3.8, 4) is 0 Å². The Hall–Kier alpha value is -1.49. The maximum absolute atomic E-state index is 12.2. The highest BCUT2D eigenvalue weighted by molar-refractivity contribution is 8.00. The second-order valence-electron chi connectivity index (χ2n) is 5.17. The monoisotopic (exact) mass is 293 g/mol. The van der Waals surface area contributed by atoms with Crippen LogP contribution in [-0.4, -0.2) is 40.7 Å². The Morgan fingerprint density at radius 1 is 1.35 bits per heavy atom. The molecule has 1 aromatic rings. The molecule has 0 radical (unpaired) electrons. The summed E-state index contributed by atoms with van der Waals surface area (Å²) < 4.78 is 0. The van der Waals surface area contributed by atoms with Crippen LogP contribution in [0.1, 0.15) is 18.4 Å². The highest BCUT2D eigenvalue weighted by Crippen LogP contribution is 2.30. The number of aliphatic carboxylic acids is 1. The number of benzene rings is 1. The Kier molecular flexibility index (Phi) is 5.06. The summed E-state index contributed by atoms with van der Waals surface area (Å²) in [6.07, 6.45) is 2.21. The number of carboxylic acids is 1. The molecule has 0 unspecified atom stereocenters. The molecule has 0 aromatic heterocycles. The molecule has 1 aromatic carbocycles. The third kappa shape index (κ3) is 4.56. The SMILES string of the molecule is Cc1ccccc1SCC(=O)N(CC(=O)O)CC1CC1. The highest BCUT2D eigenvalue weighted by atomic mass is 32.2. The van der Waals surface area contributed by atoms with Crippen molar-refractivity contribution in [2.45, 2.75) is 24.7 Å². The van der Waals surface area contributed by atoms with Gasteiger partial charge in [-0.15, -0.1) is 11.8 Å². The van der Waals surface area contributed by atoms with Gasteiger partial charge in [0, 0.05) is 11.4 Å². The first kappa shape index (κ1) is 14.9. The summed E-state index contributed by atoms with van der Waals surface area (Å²) in [7, 11) is 0. The number of carboxylic acid groups (broad SMARTS) is 1. The quantitative estimate of drug-likeness (QED) is 0.784. The summed E-state index contributed by atoms with van der Waals surface area (Å²) in [5, 5.41) is 8.89. The Bertz CT molecular complexity index is 500. The van der Waals surface area contributed by atoms with E-state index in [9.17, 15) is 9.59 Å². The molecule has 0 bridgehead atoms. The molecule has 1 N–H and O–H groups in total. The standard InChI is InChI=1S/C15H19NO3S/c1-11-4-2-3-5-13(11)20-10-14(17)16(9-15(18)19)8-12-6-7-12/h2-5,12H,6-10H2,1H3,(H,18,19). The van der Waals surface area contributed by atoms with Crippen molar-refractivity contribution in [2.75, 3.05) is 18.8 Å². The summed E-state index contributed by atoms with van der Waals surface area (Å²) in [4.78, 5) is 25.6. The molecule has 5 heteroatoms. The predicted molar refractivity (Wildman–Crippen MR) is 78.8 cm³/mol. The van der Waals surface area contributed by atoms with Gasteiger partial charge in [0.1, 0.15) is 6.54 Å². The van der Waals surface area contributed by atoms with Crippen LogP contribution in [0.5, 0.6) is 0 Å². The minimum Gasteiger partial charge on any atom is -0.480 e. The molecule has 0 atom stereocenters. The molecule has 0 heterocycles. The highest BCUT2D eigenvalue weighted by Gasteiger charge is 2.27. The lowest BCUT2D eigenvalue weighted by molar-refractivity contribution is -0.143. The van der Waals surface area contributed by atoms with E-state index in [0.717, 1.165) is 23.3 Å². The smallest absolute Gasteiger partial charge is 0.323 e. The predicted octanol–water partition coefficient (Wildman–Crippen LogP) is 2.41. The molecule has 1 aliphatic carbocycles. The fourth-order valence-electron chi connectivity index (χ4n) is 1.98. The number of carbonyl (C=O) groups is 2. The summed E-state index contributed by atoms with van der Waals surface area (Å²) in [5.74, 6) is -0.237. The summed E-state index contributed by atoms with van der Waals surface area (Å²) in [6.45, 7) is 2.40. The number of aryl methyl sites for hydroxylation is 1. The van der Waals surface area contributed by atoms with Gasteiger partial charge < -0.3 is 10.0 Å². The van der Waals surface area contributed by atoms with Crippen LogP contribution in [0.3, 0.4) is 0 Å². The van der Waals surface area contributed by atoms with Crippen LogP contribution >= 0.6 is 11.8 Å². The fourth-order valence-corrected chi connectivity index (χ4v) is 2.91. The lowest BCUT2D eigenvalue weighted by Crippen LogP contribution is -2.38. The molecule has 1 amide bonds. The van der Waals surface area contributed by atoms with Gasteiger partial charge in [-0.1, -0.05) is 18.2 Å². The van der Waals surface area contributed by atoms with Crippen molar-refractivity contribution in [3.63, 3.8) is 0 Å². The number of hydrogen-bond acceptors (Lipinski definition) is 3. The van der Waals surface area contributed by atoms with Gasteiger partial charge in [0.25, 0.3) is 0 Å². The van der Waals surface area contributed by atoms with E-state index in [-0.39, 0.29) is 12.5 Å². The fraction of sp³-hybridized carbons (Fsp3) is 0.467. The second-order valence-corrected chi connectivity index (χ2v) is 6.18. The first-order valence-corrected chi connectivity index (χ1v) is 7.73. The number of amides is 1. The number of hydrogen-bond donors (Lipinski definition) is 1. The zero-order chi connectivity index (χ0) is 14.5. The van der Waals surface area contributed by atoms with Gasteiger partial charge in [-0.2, -0.15) is 0 Å². The molecule has 1 aliphatic rings. The van der Waals surface area contributed by atoms with Crippen molar-refractivity contribution < 1.29 is 14.7 Å². The van der Waals surface area contributed by atoms with Crippen molar-refractivity contribution in [3.05, 3.63) is 29.8 Å². The van der Waals surface area contributed by atoms with E-state index in [2.05, 4.69) is 0 Å². The van der Waals surface area contributed by atoms with Gasteiger partial charge >= 0.3 is 5.97 Å². The zero-order valence-corrected chi connectivity index (χ0v) is 12.4. The van der Waals surface area contributed by atoms with E-state index in [1.165, 1.54) is 16.7 Å². The van der Waals surface area contributed by atoms with Crippen LogP contribution in [0.15, 0.2) is 29.2 Å². The van der Waals surface area contributed by atoms with Crippen molar-refractivity contribution in [1.82, 2.24) is 4.90 Å². The lowest BCUT2D eigenvalue weighted by atomic mass is 10.2. The third-order valence-electron chi connectivity index (χ3n) is 3.30. The van der Waals surface area contributed by atoms with E-state index in [0.29, 0.717) is 18.2 Å². The van der Waals surface area contributed by atoms with E-state index in [4.69, 9.17) is 5.11 Å². The van der Waals surface area contributed by atoms with E-state index in [1.807, 2.05) is 31.2 Å². The van der Waals surface area contributed by atoms with Crippen molar-refractivity contribution in [2.24, 2.45) is 5.92 Å². The molecule has 1 fully saturated rings. The maximum Gasteiger partial charge on any atom is 0.323 e. The van der Waals surface area contributed by atoms with E-state index in [1.54, 1.807) is 0 Å². The molecule has 0 aliphatic heterocycles. The van der Waals surface area contributed by atoms with Gasteiger partial charge in [-0.3, -0.25) is 9.59 Å². The van der Waals surface area contributed by atoms with Crippen molar-refractivity contribution in [1.29, 1.82) is 0 Å². The van der Waals surface area contributed by atoms with Crippen LogP contribution in [0.2, 0.25) is 0 Å². The second kappa shape index (κ2) is 6.79. The molecule has 108 valence electrons. The Labute approximate surface area is 123 Å². The summed E-state index contributed by atoms with van der Waals surface area (Å²) >= 11 is 1.47. The third-order valence-corrected chi connectivity index (χ3v) is 4.46. The number of thioether (sulfide) groups is 1. The number of nitrogens with zero attached hydrogens (tertiary/aromatic N) is 1. The number of carbonyl (C=O) groups excluding carboxylic acids is 1.